The molecule has 0 saturated carbocycles. The number of nitrogens with one attached hydrogen (secondary N) is 1. The van der Waals surface area contributed by atoms with E-state index in [1.807, 2.05) is 13.0 Å². The zero-order chi connectivity index (χ0) is 15.1. The lowest BCUT2D eigenvalue weighted by molar-refractivity contribution is 0.0698. The third kappa shape index (κ3) is 2.05. The smallest absolute Gasteiger partial charge is 0.337 e. The Labute approximate surface area is 119 Å². The molecule has 0 saturated heterocycles. The predicted molar refractivity (Wildman–Crippen MR) is 76.8 cm³/mol. The molecule has 3 aromatic rings. The molecule has 0 aliphatic heterocycles. The molecule has 0 amide bonds. The second kappa shape index (κ2) is 4.66. The number of imidazole rings is 1. The number of H-pyrrole nitrogens is 1. The molecule has 3 rings (SSSR count). The number of benzene rings is 1. The zero-order valence-electron chi connectivity index (χ0n) is 11.6. The summed E-state index contributed by atoms with van der Waals surface area (Å²) in [6.45, 7) is 3.61. The molecule has 2 aromatic heterocycles. The first-order valence-corrected chi connectivity index (χ1v) is 6.52. The van der Waals surface area contributed by atoms with Gasteiger partial charge in [0.25, 0.3) is 0 Å². The van der Waals surface area contributed by atoms with E-state index in [4.69, 9.17) is 4.42 Å². The predicted octanol–water partition coefficient (Wildman–Crippen LogP) is 2.54. The van der Waals surface area contributed by atoms with Crippen LogP contribution in [0.4, 0.5) is 0 Å². The molecule has 0 bridgehead atoms. The number of nitrogens with zero attached hydrogens (tertiary/aromatic N) is 1. The number of aryl methyl sites for hydroxylation is 1. The first kappa shape index (κ1) is 13.2. The molecule has 2 heterocycles. The minimum atomic E-state index is -1.07. The second-order valence-electron chi connectivity index (χ2n) is 4.93. The van der Waals surface area contributed by atoms with Crippen LogP contribution >= 0.6 is 0 Å². The molecule has 0 spiro atoms. The molecule has 1 atom stereocenters. The second-order valence-corrected chi connectivity index (χ2v) is 4.93. The largest absolute Gasteiger partial charge is 0.478 e. The van der Waals surface area contributed by atoms with E-state index in [1.165, 1.54) is 10.6 Å². The van der Waals surface area contributed by atoms with Crippen molar-refractivity contribution in [1.29, 1.82) is 0 Å². The Morgan fingerprint density at radius 2 is 2.10 bits per heavy atom. The number of aromatic nitrogens is 2. The summed E-state index contributed by atoms with van der Waals surface area (Å²) in [5, 5.41) is 9.32. The van der Waals surface area contributed by atoms with Crippen molar-refractivity contribution >= 4 is 17.0 Å². The summed E-state index contributed by atoms with van der Waals surface area (Å²) in [5.41, 5.74) is 0.591. The molecule has 108 valence electrons. The number of fused-ring (bicyclic) bond motifs is 1. The van der Waals surface area contributed by atoms with Crippen molar-refractivity contribution < 1.29 is 14.3 Å². The lowest BCUT2D eigenvalue weighted by Gasteiger charge is -2.12. The highest BCUT2D eigenvalue weighted by molar-refractivity contribution is 6.01. The molecule has 1 unspecified atom stereocenters. The number of furan rings is 1. The van der Waals surface area contributed by atoms with E-state index in [-0.39, 0.29) is 11.3 Å². The molecule has 6 nitrogen and oxygen atoms in total. The Hall–Kier alpha value is -2.76. The summed E-state index contributed by atoms with van der Waals surface area (Å²) in [6.07, 6.45) is 0. The average Bonchev–Trinajstić information content (AvgIpc) is 3.00. The average molecular weight is 286 g/mol. The van der Waals surface area contributed by atoms with Crippen LogP contribution in [0.5, 0.6) is 0 Å². The highest BCUT2D eigenvalue weighted by atomic mass is 16.4. The first-order chi connectivity index (χ1) is 9.99. The SMILES string of the molecule is Cc1ccc(C(C)n2c(=O)[nH]c3cccc(C(=O)O)c32)o1. The van der Waals surface area contributed by atoms with Crippen LogP contribution in [-0.2, 0) is 0 Å². The van der Waals surface area contributed by atoms with Crippen LogP contribution in [0.25, 0.3) is 11.0 Å². The van der Waals surface area contributed by atoms with E-state index in [9.17, 15) is 14.7 Å². The monoisotopic (exact) mass is 286 g/mol. The highest BCUT2D eigenvalue weighted by Gasteiger charge is 2.21. The number of carboxylic acid groups (broad SMARTS) is 1. The maximum Gasteiger partial charge on any atom is 0.337 e. The van der Waals surface area contributed by atoms with Gasteiger partial charge in [0.05, 0.1) is 22.6 Å². The Bertz CT molecular complexity index is 885. The van der Waals surface area contributed by atoms with Crippen LogP contribution in [0.15, 0.2) is 39.5 Å². The molecule has 6 heteroatoms. The molecular formula is C15H14N2O4. The fourth-order valence-electron chi connectivity index (χ4n) is 2.53. The van der Waals surface area contributed by atoms with Gasteiger partial charge in [0.15, 0.2) is 0 Å². The van der Waals surface area contributed by atoms with Crippen LogP contribution in [-0.4, -0.2) is 20.6 Å². The molecule has 1 aromatic carbocycles. The zero-order valence-corrected chi connectivity index (χ0v) is 11.6. The van der Waals surface area contributed by atoms with Crippen molar-refractivity contribution in [3.63, 3.8) is 0 Å². The molecule has 0 aliphatic carbocycles. The van der Waals surface area contributed by atoms with Crippen LogP contribution in [0.2, 0.25) is 0 Å². The standard InChI is InChI=1S/C15H14N2O4/c1-8-6-7-12(21-8)9(2)17-13-10(14(18)19)4-3-5-11(13)16-15(17)20/h3-7,9H,1-2H3,(H,16,20)(H,18,19). The molecular weight excluding hydrogens is 272 g/mol. The fourth-order valence-corrected chi connectivity index (χ4v) is 2.53. The number of hydrogen-bond donors (Lipinski definition) is 2. The number of aromatic amines is 1. The first-order valence-electron chi connectivity index (χ1n) is 6.52. The fraction of sp³-hybridized carbons (Fsp3) is 0.200. The molecule has 2 N–H and O–H groups in total. The van der Waals surface area contributed by atoms with E-state index in [0.29, 0.717) is 16.8 Å². The molecule has 21 heavy (non-hydrogen) atoms. The third-order valence-electron chi connectivity index (χ3n) is 3.53. The van der Waals surface area contributed by atoms with Gasteiger partial charge in [-0.25, -0.2) is 9.59 Å². The summed E-state index contributed by atoms with van der Waals surface area (Å²) in [5.74, 6) is 0.273. The van der Waals surface area contributed by atoms with Gasteiger partial charge in [0.1, 0.15) is 11.5 Å². The van der Waals surface area contributed by atoms with E-state index in [2.05, 4.69) is 4.98 Å². The van der Waals surface area contributed by atoms with Gasteiger partial charge < -0.3 is 14.5 Å². The summed E-state index contributed by atoms with van der Waals surface area (Å²) in [6, 6.07) is 7.96. The van der Waals surface area contributed by atoms with Crippen molar-refractivity contribution in [2.45, 2.75) is 19.9 Å². The van der Waals surface area contributed by atoms with Crippen LogP contribution < -0.4 is 5.69 Å². The van der Waals surface area contributed by atoms with Gasteiger partial charge in [-0.3, -0.25) is 4.57 Å². The van der Waals surface area contributed by atoms with Crippen molar-refractivity contribution in [2.75, 3.05) is 0 Å². The number of carboxylic acids is 1. The van der Waals surface area contributed by atoms with Crippen molar-refractivity contribution in [2.24, 2.45) is 0 Å². The lowest BCUT2D eigenvalue weighted by atomic mass is 10.1. The third-order valence-corrected chi connectivity index (χ3v) is 3.53. The van der Waals surface area contributed by atoms with Crippen LogP contribution in [0, 0.1) is 6.92 Å². The number of hydrogen-bond acceptors (Lipinski definition) is 3. The Morgan fingerprint density at radius 1 is 1.33 bits per heavy atom. The molecule has 0 aliphatic rings. The van der Waals surface area contributed by atoms with Gasteiger partial charge in [0.2, 0.25) is 0 Å². The van der Waals surface area contributed by atoms with E-state index >= 15 is 0 Å². The maximum atomic E-state index is 12.2. The Kier molecular flexibility index (Phi) is 2.94. The molecule has 0 radical (unpaired) electrons. The van der Waals surface area contributed by atoms with Gasteiger partial charge in [-0.1, -0.05) is 6.07 Å². The van der Waals surface area contributed by atoms with Gasteiger partial charge in [-0.2, -0.15) is 0 Å². The Morgan fingerprint density at radius 3 is 2.71 bits per heavy atom. The minimum absolute atomic E-state index is 0.0842. The van der Waals surface area contributed by atoms with E-state index in [1.54, 1.807) is 25.1 Å². The summed E-state index contributed by atoms with van der Waals surface area (Å²) < 4.78 is 6.97. The van der Waals surface area contributed by atoms with E-state index < -0.39 is 12.0 Å². The number of carbonyl (C=O) groups is 1. The van der Waals surface area contributed by atoms with Gasteiger partial charge in [-0.15, -0.1) is 0 Å². The highest BCUT2D eigenvalue weighted by Crippen LogP contribution is 2.25. The summed E-state index contributed by atoms with van der Waals surface area (Å²) >= 11 is 0. The van der Waals surface area contributed by atoms with Crippen LogP contribution in [0.3, 0.4) is 0 Å². The minimum Gasteiger partial charge on any atom is -0.478 e. The normalized spacial score (nSPS) is 12.7. The summed E-state index contributed by atoms with van der Waals surface area (Å²) in [7, 11) is 0. The number of aromatic carboxylic acids is 1. The van der Waals surface area contributed by atoms with Crippen molar-refractivity contribution in [3.8, 4) is 0 Å². The van der Waals surface area contributed by atoms with Gasteiger partial charge >= 0.3 is 11.7 Å². The van der Waals surface area contributed by atoms with Gasteiger partial charge in [-0.05, 0) is 38.1 Å². The number of rotatable bonds is 3. The van der Waals surface area contributed by atoms with Gasteiger partial charge in [0, 0.05) is 0 Å². The summed E-state index contributed by atoms with van der Waals surface area (Å²) in [4.78, 5) is 26.3. The lowest BCUT2D eigenvalue weighted by Crippen LogP contribution is -2.21. The maximum absolute atomic E-state index is 12.2. The van der Waals surface area contributed by atoms with Crippen molar-refractivity contribution in [3.05, 3.63) is 57.9 Å². The van der Waals surface area contributed by atoms with E-state index in [0.717, 1.165) is 5.76 Å². The Balaban J connectivity index is 2.29. The quantitative estimate of drug-likeness (QED) is 0.774. The topological polar surface area (TPSA) is 88.2 Å². The molecule has 0 fully saturated rings. The van der Waals surface area contributed by atoms with Crippen molar-refractivity contribution in [1.82, 2.24) is 9.55 Å². The van der Waals surface area contributed by atoms with Crippen LogP contribution in [0.1, 0.15) is 34.8 Å². The number of para-hydroxylation sites is 1.